The summed E-state index contributed by atoms with van der Waals surface area (Å²) in [4.78, 5) is 17.0. The molecule has 1 aliphatic rings. The molecule has 1 N–H and O–H groups in total. The van der Waals surface area contributed by atoms with E-state index in [-0.39, 0.29) is 5.91 Å². The number of aryl methyl sites for hydroxylation is 1. The van der Waals surface area contributed by atoms with Crippen molar-refractivity contribution in [2.24, 2.45) is 0 Å². The van der Waals surface area contributed by atoms with Crippen LogP contribution in [0, 0.1) is 0 Å². The standard InChI is InChI=1S/C20H20N4O/c1-2-24-18(15-10-11-15)13-17(23-24)20(25)22-19-16(9-6-12-21-19)14-7-4-3-5-8-14/h3-9,12-13,15H,2,10-11H2,1H3,(H,21,22,25). The monoisotopic (exact) mass is 332 g/mol. The number of nitrogens with zero attached hydrogens (tertiary/aromatic N) is 3. The summed E-state index contributed by atoms with van der Waals surface area (Å²) in [5.74, 6) is 0.895. The van der Waals surface area contributed by atoms with Crippen molar-refractivity contribution in [2.45, 2.75) is 32.2 Å². The van der Waals surface area contributed by atoms with Crippen molar-refractivity contribution in [1.82, 2.24) is 14.8 Å². The average molecular weight is 332 g/mol. The smallest absolute Gasteiger partial charge is 0.277 e. The fraction of sp³-hybridized carbons (Fsp3) is 0.250. The molecule has 1 amide bonds. The molecule has 1 aromatic carbocycles. The first-order valence-electron chi connectivity index (χ1n) is 8.66. The molecule has 3 aromatic rings. The molecule has 1 fully saturated rings. The Morgan fingerprint density at radius 3 is 2.72 bits per heavy atom. The molecule has 0 spiro atoms. The number of amides is 1. The molecule has 5 heteroatoms. The zero-order valence-electron chi connectivity index (χ0n) is 14.1. The van der Waals surface area contributed by atoms with Gasteiger partial charge in [0.25, 0.3) is 5.91 Å². The van der Waals surface area contributed by atoms with Crippen LogP contribution in [0.1, 0.15) is 41.9 Å². The number of aromatic nitrogens is 3. The topological polar surface area (TPSA) is 59.8 Å². The van der Waals surface area contributed by atoms with Gasteiger partial charge in [-0.2, -0.15) is 5.10 Å². The molecule has 0 aliphatic heterocycles. The van der Waals surface area contributed by atoms with Gasteiger partial charge >= 0.3 is 0 Å². The highest BCUT2D eigenvalue weighted by atomic mass is 16.2. The molecule has 0 atom stereocenters. The summed E-state index contributed by atoms with van der Waals surface area (Å²) in [6.45, 7) is 2.82. The van der Waals surface area contributed by atoms with Crippen LogP contribution in [0.3, 0.4) is 0 Å². The molecule has 2 aromatic heterocycles. The fourth-order valence-electron chi connectivity index (χ4n) is 3.03. The first kappa shape index (κ1) is 15.6. The third-order valence-corrected chi connectivity index (χ3v) is 4.46. The molecule has 2 heterocycles. The number of hydrogen-bond acceptors (Lipinski definition) is 3. The van der Waals surface area contributed by atoms with Crippen molar-refractivity contribution < 1.29 is 4.79 Å². The van der Waals surface area contributed by atoms with Crippen LogP contribution in [0.2, 0.25) is 0 Å². The molecule has 0 saturated heterocycles. The predicted octanol–water partition coefficient (Wildman–Crippen LogP) is 4.09. The van der Waals surface area contributed by atoms with Crippen LogP contribution >= 0.6 is 0 Å². The van der Waals surface area contributed by atoms with E-state index in [1.165, 1.54) is 12.8 Å². The van der Waals surface area contributed by atoms with E-state index in [0.717, 1.165) is 23.4 Å². The highest BCUT2D eigenvalue weighted by molar-refractivity contribution is 6.04. The Kier molecular flexibility index (Phi) is 4.06. The minimum absolute atomic E-state index is 0.218. The SMILES string of the molecule is CCn1nc(C(=O)Nc2ncccc2-c2ccccc2)cc1C1CC1. The predicted molar refractivity (Wildman–Crippen MR) is 97.5 cm³/mol. The Morgan fingerprint density at radius 1 is 1.20 bits per heavy atom. The summed E-state index contributed by atoms with van der Waals surface area (Å²) in [5.41, 5.74) is 3.53. The molecule has 5 nitrogen and oxygen atoms in total. The Balaban J connectivity index is 1.62. The van der Waals surface area contributed by atoms with Gasteiger partial charge in [0.2, 0.25) is 0 Å². The first-order chi connectivity index (χ1) is 12.3. The lowest BCUT2D eigenvalue weighted by Gasteiger charge is -2.09. The lowest BCUT2D eigenvalue weighted by molar-refractivity contribution is 0.102. The minimum Gasteiger partial charge on any atom is -0.305 e. The molecule has 1 saturated carbocycles. The van der Waals surface area contributed by atoms with E-state index in [2.05, 4.69) is 15.4 Å². The fourth-order valence-corrected chi connectivity index (χ4v) is 3.03. The number of carbonyl (C=O) groups is 1. The van der Waals surface area contributed by atoms with Gasteiger partial charge in [-0.15, -0.1) is 0 Å². The summed E-state index contributed by atoms with van der Waals surface area (Å²) in [5, 5.41) is 7.39. The van der Waals surface area contributed by atoms with Gasteiger partial charge in [-0.1, -0.05) is 30.3 Å². The number of benzene rings is 1. The molecule has 4 rings (SSSR count). The molecule has 126 valence electrons. The maximum Gasteiger partial charge on any atom is 0.277 e. The van der Waals surface area contributed by atoms with Gasteiger partial charge in [0.1, 0.15) is 5.82 Å². The van der Waals surface area contributed by atoms with Crippen LogP contribution in [0.5, 0.6) is 0 Å². The van der Waals surface area contributed by atoms with E-state index in [9.17, 15) is 4.79 Å². The first-order valence-corrected chi connectivity index (χ1v) is 8.66. The summed E-state index contributed by atoms with van der Waals surface area (Å²) >= 11 is 0. The van der Waals surface area contributed by atoms with Gasteiger partial charge in [-0.05, 0) is 43.5 Å². The van der Waals surface area contributed by atoms with Crippen molar-refractivity contribution >= 4 is 11.7 Å². The largest absolute Gasteiger partial charge is 0.305 e. The maximum atomic E-state index is 12.7. The van der Waals surface area contributed by atoms with E-state index in [4.69, 9.17) is 0 Å². The summed E-state index contributed by atoms with van der Waals surface area (Å²) in [7, 11) is 0. The van der Waals surface area contributed by atoms with Crippen LogP contribution < -0.4 is 5.32 Å². The number of rotatable bonds is 5. The summed E-state index contributed by atoms with van der Waals surface area (Å²) < 4.78 is 1.93. The van der Waals surface area contributed by atoms with Crippen LogP contribution in [-0.2, 0) is 6.54 Å². The van der Waals surface area contributed by atoms with Gasteiger partial charge in [0.15, 0.2) is 5.69 Å². The quantitative estimate of drug-likeness (QED) is 0.765. The van der Waals surface area contributed by atoms with Gasteiger partial charge in [-0.25, -0.2) is 4.98 Å². The molecule has 0 radical (unpaired) electrons. The summed E-state index contributed by atoms with van der Waals surface area (Å²) in [6, 6.07) is 15.7. The van der Waals surface area contributed by atoms with Crippen LogP contribution in [-0.4, -0.2) is 20.7 Å². The van der Waals surface area contributed by atoms with Gasteiger partial charge in [-0.3, -0.25) is 9.48 Å². The van der Waals surface area contributed by atoms with Crippen molar-refractivity contribution in [2.75, 3.05) is 5.32 Å². The van der Waals surface area contributed by atoms with Crippen molar-refractivity contribution in [3.8, 4) is 11.1 Å². The minimum atomic E-state index is -0.218. The number of nitrogens with one attached hydrogen (secondary N) is 1. The Bertz CT molecular complexity index is 897. The van der Waals surface area contributed by atoms with Gasteiger partial charge in [0, 0.05) is 29.9 Å². The highest BCUT2D eigenvalue weighted by Crippen LogP contribution is 2.40. The average Bonchev–Trinajstić information content (AvgIpc) is 3.41. The molecular formula is C20H20N4O. The zero-order valence-corrected chi connectivity index (χ0v) is 14.1. The lowest BCUT2D eigenvalue weighted by atomic mass is 10.1. The van der Waals surface area contributed by atoms with E-state index in [0.29, 0.717) is 17.4 Å². The van der Waals surface area contributed by atoms with Gasteiger partial charge < -0.3 is 5.32 Å². The molecular weight excluding hydrogens is 312 g/mol. The van der Waals surface area contributed by atoms with E-state index >= 15 is 0 Å². The number of carbonyl (C=O) groups excluding carboxylic acids is 1. The lowest BCUT2D eigenvalue weighted by Crippen LogP contribution is -2.15. The van der Waals surface area contributed by atoms with Gasteiger partial charge in [0.05, 0.1) is 0 Å². The highest BCUT2D eigenvalue weighted by Gasteiger charge is 2.29. The Labute approximate surface area is 146 Å². The van der Waals surface area contributed by atoms with Crippen LogP contribution in [0.4, 0.5) is 5.82 Å². The Hall–Kier alpha value is -2.95. The third-order valence-electron chi connectivity index (χ3n) is 4.46. The number of hydrogen-bond donors (Lipinski definition) is 1. The van der Waals surface area contributed by atoms with E-state index in [1.807, 2.05) is 60.1 Å². The second-order valence-electron chi connectivity index (χ2n) is 6.26. The second-order valence-corrected chi connectivity index (χ2v) is 6.26. The third kappa shape index (κ3) is 3.18. The van der Waals surface area contributed by atoms with E-state index < -0.39 is 0 Å². The summed E-state index contributed by atoms with van der Waals surface area (Å²) in [6.07, 6.45) is 4.05. The number of anilines is 1. The van der Waals surface area contributed by atoms with E-state index in [1.54, 1.807) is 6.20 Å². The molecule has 0 unspecified atom stereocenters. The zero-order chi connectivity index (χ0) is 17.2. The van der Waals surface area contributed by atoms with Crippen LogP contribution in [0.15, 0.2) is 54.7 Å². The molecule has 0 bridgehead atoms. The normalized spacial score (nSPS) is 13.6. The maximum absolute atomic E-state index is 12.7. The van der Waals surface area contributed by atoms with Crippen molar-refractivity contribution in [3.63, 3.8) is 0 Å². The second kappa shape index (κ2) is 6.51. The van der Waals surface area contributed by atoms with Crippen molar-refractivity contribution in [1.29, 1.82) is 0 Å². The molecule has 1 aliphatic carbocycles. The number of pyridine rings is 1. The van der Waals surface area contributed by atoms with Crippen molar-refractivity contribution in [3.05, 3.63) is 66.1 Å². The molecule has 25 heavy (non-hydrogen) atoms. The van der Waals surface area contributed by atoms with Crippen LogP contribution in [0.25, 0.3) is 11.1 Å². The Morgan fingerprint density at radius 2 is 2.00 bits per heavy atom.